The van der Waals surface area contributed by atoms with E-state index >= 15 is 0 Å². The first-order valence-corrected chi connectivity index (χ1v) is 8.76. The second-order valence-corrected chi connectivity index (χ2v) is 7.09. The average Bonchev–Trinajstić information content (AvgIpc) is 3.15. The zero-order chi connectivity index (χ0) is 17.6. The van der Waals surface area contributed by atoms with Crippen molar-refractivity contribution in [3.8, 4) is 0 Å². The summed E-state index contributed by atoms with van der Waals surface area (Å²) in [5.41, 5.74) is 0.990. The molecule has 8 heteroatoms. The average molecular weight is 367 g/mol. The topological polar surface area (TPSA) is 51.0 Å². The molecule has 1 saturated heterocycles. The fourth-order valence-corrected chi connectivity index (χ4v) is 3.55. The molecule has 1 atom stereocenters. The molecule has 1 aromatic heterocycles. The molecule has 1 amide bonds. The summed E-state index contributed by atoms with van der Waals surface area (Å²) in [5.74, 6) is -1.99. The molecule has 2 aromatic rings. The lowest BCUT2D eigenvalue weighted by atomic mass is 10.1. The Morgan fingerprint density at radius 3 is 2.76 bits per heavy atom. The van der Waals surface area contributed by atoms with Crippen LogP contribution in [0.15, 0.2) is 18.3 Å². The largest absolute Gasteiger partial charge is 0.334 e. The lowest BCUT2D eigenvalue weighted by Crippen LogP contribution is -2.38. The van der Waals surface area contributed by atoms with Gasteiger partial charge in [-0.3, -0.25) is 9.48 Å². The zero-order valence-corrected chi connectivity index (χ0v) is 14.2. The molecule has 1 aliphatic heterocycles. The van der Waals surface area contributed by atoms with Gasteiger partial charge in [0.2, 0.25) is 0 Å². The summed E-state index contributed by atoms with van der Waals surface area (Å²) >= 11 is 5.95. The van der Waals surface area contributed by atoms with Crippen LogP contribution in [-0.2, 0) is 6.54 Å². The molecule has 4 rings (SSSR count). The van der Waals surface area contributed by atoms with Crippen molar-refractivity contribution in [3.63, 3.8) is 0 Å². The van der Waals surface area contributed by atoms with Crippen molar-refractivity contribution in [1.29, 1.82) is 0 Å². The van der Waals surface area contributed by atoms with Gasteiger partial charge in [0.15, 0.2) is 11.6 Å². The van der Waals surface area contributed by atoms with E-state index in [-0.39, 0.29) is 22.5 Å². The highest BCUT2D eigenvalue weighted by Crippen LogP contribution is 2.38. The standard InChI is InChI=1S/C17H17ClF2N4O/c18-13-7-15(20)14(19)6-12(13)17(25)24-5-1-2-11(24)8-23-9-16(21-22-23)10-3-4-10/h6-7,9-11H,1-5,8H2/t11-/m0/s1. The van der Waals surface area contributed by atoms with Crippen molar-refractivity contribution in [2.24, 2.45) is 0 Å². The van der Waals surface area contributed by atoms with Gasteiger partial charge in [-0.15, -0.1) is 5.10 Å². The highest BCUT2D eigenvalue weighted by atomic mass is 35.5. The summed E-state index contributed by atoms with van der Waals surface area (Å²) in [6.45, 7) is 1.09. The molecule has 132 valence electrons. The zero-order valence-electron chi connectivity index (χ0n) is 13.5. The Balaban J connectivity index is 1.52. The third-order valence-electron chi connectivity index (χ3n) is 4.83. The summed E-state index contributed by atoms with van der Waals surface area (Å²) in [6, 6.07) is 1.65. The maximum Gasteiger partial charge on any atom is 0.255 e. The number of rotatable bonds is 4. The molecule has 1 aromatic carbocycles. The number of hydrogen-bond acceptors (Lipinski definition) is 3. The van der Waals surface area contributed by atoms with Gasteiger partial charge in [-0.1, -0.05) is 16.8 Å². The van der Waals surface area contributed by atoms with E-state index < -0.39 is 11.6 Å². The van der Waals surface area contributed by atoms with Crippen LogP contribution in [0.5, 0.6) is 0 Å². The van der Waals surface area contributed by atoms with Gasteiger partial charge in [-0.05, 0) is 37.8 Å². The molecule has 0 bridgehead atoms. The maximum absolute atomic E-state index is 13.5. The summed E-state index contributed by atoms with van der Waals surface area (Å²) in [5, 5.41) is 8.25. The van der Waals surface area contributed by atoms with Crippen molar-refractivity contribution in [2.75, 3.05) is 6.54 Å². The fourth-order valence-electron chi connectivity index (χ4n) is 3.32. The minimum absolute atomic E-state index is 0.00951. The first kappa shape index (κ1) is 16.4. The molecule has 1 saturated carbocycles. The molecule has 1 aliphatic carbocycles. The predicted molar refractivity (Wildman–Crippen MR) is 87.4 cm³/mol. The van der Waals surface area contributed by atoms with Gasteiger partial charge < -0.3 is 4.90 Å². The number of aromatic nitrogens is 3. The van der Waals surface area contributed by atoms with E-state index in [1.807, 2.05) is 6.20 Å². The summed E-state index contributed by atoms with van der Waals surface area (Å²) < 4.78 is 28.5. The number of halogens is 3. The summed E-state index contributed by atoms with van der Waals surface area (Å²) in [7, 11) is 0. The Bertz CT molecular complexity index is 821. The maximum atomic E-state index is 13.5. The molecule has 2 aliphatic rings. The van der Waals surface area contributed by atoms with Crippen LogP contribution in [0.1, 0.15) is 47.7 Å². The normalized spacial score (nSPS) is 20.3. The summed E-state index contributed by atoms with van der Waals surface area (Å²) in [6.07, 6.45) is 5.92. The van der Waals surface area contributed by atoms with Crippen LogP contribution in [-0.4, -0.2) is 38.4 Å². The molecular weight excluding hydrogens is 350 g/mol. The van der Waals surface area contributed by atoms with Crippen LogP contribution in [0.2, 0.25) is 5.02 Å². The van der Waals surface area contributed by atoms with E-state index in [0.717, 1.165) is 43.5 Å². The first-order chi connectivity index (χ1) is 12.0. The van der Waals surface area contributed by atoms with Crippen molar-refractivity contribution in [3.05, 3.63) is 46.2 Å². The number of carbonyl (C=O) groups is 1. The van der Waals surface area contributed by atoms with Crippen molar-refractivity contribution >= 4 is 17.5 Å². The van der Waals surface area contributed by atoms with Crippen LogP contribution in [0.4, 0.5) is 8.78 Å². The number of hydrogen-bond donors (Lipinski definition) is 0. The van der Waals surface area contributed by atoms with Crippen molar-refractivity contribution < 1.29 is 13.6 Å². The molecule has 0 N–H and O–H groups in total. The van der Waals surface area contributed by atoms with Crippen molar-refractivity contribution in [1.82, 2.24) is 19.9 Å². The molecule has 25 heavy (non-hydrogen) atoms. The highest BCUT2D eigenvalue weighted by Gasteiger charge is 2.32. The van der Waals surface area contributed by atoms with Crippen LogP contribution in [0, 0.1) is 11.6 Å². The van der Waals surface area contributed by atoms with E-state index in [2.05, 4.69) is 10.3 Å². The monoisotopic (exact) mass is 366 g/mol. The van der Waals surface area contributed by atoms with Crippen LogP contribution in [0.3, 0.4) is 0 Å². The Morgan fingerprint density at radius 1 is 1.24 bits per heavy atom. The second-order valence-electron chi connectivity index (χ2n) is 6.68. The van der Waals surface area contributed by atoms with E-state index in [9.17, 15) is 13.6 Å². The molecule has 2 heterocycles. The van der Waals surface area contributed by atoms with E-state index in [1.165, 1.54) is 0 Å². The first-order valence-electron chi connectivity index (χ1n) is 8.38. The highest BCUT2D eigenvalue weighted by molar-refractivity contribution is 6.33. The number of benzene rings is 1. The van der Waals surface area contributed by atoms with Crippen molar-refractivity contribution in [2.45, 2.75) is 44.2 Å². The minimum Gasteiger partial charge on any atom is -0.334 e. The van der Waals surface area contributed by atoms with E-state index in [4.69, 9.17) is 11.6 Å². The van der Waals surface area contributed by atoms with Gasteiger partial charge in [-0.25, -0.2) is 8.78 Å². The lowest BCUT2D eigenvalue weighted by molar-refractivity contribution is 0.0720. The Hall–Kier alpha value is -2.02. The summed E-state index contributed by atoms with van der Waals surface area (Å²) in [4.78, 5) is 14.4. The molecule has 0 unspecified atom stereocenters. The van der Waals surface area contributed by atoms with Gasteiger partial charge in [0.05, 0.1) is 28.9 Å². The SMILES string of the molecule is O=C(c1cc(F)c(F)cc1Cl)N1CCC[C@H]1Cn1cc(C2CC2)nn1. The molecule has 0 spiro atoms. The predicted octanol–water partition coefficient (Wildman–Crippen LogP) is 3.39. The second kappa shape index (κ2) is 6.37. The molecular formula is C17H17ClF2N4O. The smallest absolute Gasteiger partial charge is 0.255 e. The van der Waals surface area contributed by atoms with Crippen LogP contribution < -0.4 is 0 Å². The van der Waals surface area contributed by atoms with E-state index in [0.29, 0.717) is 19.0 Å². The van der Waals surface area contributed by atoms with Crippen LogP contribution in [0.25, 0.3) is 0 Å². The number of carbonyl (C=O) groups excluding carboxylic acids is 1. The van der Waals surface area contributed by atoms with Gasteiger partial charge >= 0.3 is 0 Å². The number of nitrogens with zero attached hydrogens (tertiary/aromatic N) is 4. The Kier molecular flexibility index (Phi) is 4.19. The molecule has 0 radical (unpaired) electrons. The lowest BCUT2D eigenvalue weighted by Gasteiger charge is -2.25. The molecule has 2 fully saturated rings. The third kappa shape index (κ3) is 3.25. The van der Waals surface area contributed by atoms with Gasteiger partial charge in [-0.2, -0.15) is 0 Å². The quantitative estimate of drug-likeness (QED) is 0.779. The minimum atomic E-state index is -1.08. The third-order valence-corrected chi connectivity index (χ3v) is 5.14. The Labute approximate surface area is 148 Å². The number of likely N-dealkylation sites (tertiary alicyclic amines) is 1. The van der Waals surface area contributed by atoms with Gasteiger partial charge in [0.25, 0.3) is 5.91 Å². The molecule has 5 nitrogen and oxygen atoms in total. The van der Waals surface area contributed by atoms with Crippen LogP contribution >= 0.6 is 11.6 Å². The fraction of sp³-hybridized carbons (Fsp3) is 0.471. The van der Waals surface area contributed by atoms with Gasteiger partial charge in [0.1, 0.15) is 0 Å². The number of amides is 1. The Morgan fingerprint density at radius 2 is 2.00 bits per heavy atom. The van der Waals surface area contributed by atoms with Gasteiger partial charge in [0, 0.05) is 18.7 Å². The van der Waals surface area contributed by atoms with E-state index in [1.54, 1.807) is 9.58 Å².